The third kappa shape index (κ3) is 3.92. The minimum absolute atomic E-state index is 0.684. The standard InChI is InChI=1S/C16H26N4O/c1-21-13-14-5-8-19(11-14)12-15-9-17-16(18-10-15)20-6-3-2-4-7-20/h9-10,14H,2-8,11-13H2,1H3/t14-/m1/s1. The molecule has 3 heterocycles. The van der Waals surface area contributed by atoms with E-state index in [1.807, 2.05) is 12.4 Å². The van der Waals surface area contributed by atoms with Crippen LogP contribution in [0, 0.1) is 5.92 Å². The lowest BCUT2D eigenvalue weighted by molar-refractivity contribution is 0.152. The maximum absolute atomic E-state index is 5.25. The van der Waals surface area contributed by atoms with Gasteiger partial charge in [-0.2, -0.15) is 0 Å². The first kappa shape index (κ1) is 14.7. The number of likely N-dealkylation sites (tertiary alicyclic amines) is 1. The van der Waals surface area contributed by atoms with E-state index in [0.29, 0.717) is 5.92 Å². The van der Waals surface area contributed by atoms with Gasteiger partial charge in [-0.15, -0.1) is 0 Å². The van der Waals surface area contributed by atoms with Gasteiger partial charge < -0.3 is 9.64 Å². The molecular weight excluding hydrogens is 264 g/mol. The molecule has 0 bridgehead atoms. The van der Waals surface area contributed by atoms with Crippen molar-refractivity contribution in [1.82, 2.24) is 14.9 Å². The second-order valence-corrected chi connectivity index (χ2v) is 6.28. The van der Waals surface area contributed by atoms with Crippen LogP contribution < -0.4 is 4.90 Å². The highest BCUT2D eigenvalue weighted by Gasteiger charge is 2.22. The van der Waals surface area contributed by atoms with Crippen molar-refractivity contribution in [2.24, 2.45) is 5.92 Å². The molecule has 0 saturated carbocycles. The maximum Gasteiger partial charge on any atom is 0.225 e. The molecule has 1 atom stereocenters. The SMILES string of the molecule is COC[C@@H]1CCN(Cc2cnc(N3CCCCC3)nc2)C1. The van der Waals surface area contributed by atoms with Gasteiger partial charge in [-0.25, -0.2) is 9.97 Å². The average molecular weight is 290 g/mol. The van der Waals surface area contributed by atoms with Gasteiger partial charge in [0.25, 0.3) is 0 Å². The zero-order valence-electron chi connectivity index (χ0n) is 13.0. The summed E-state index contributed by atoms with van der Waals surface area (Å²) in [7, 11) is 1.79. The van der Waals surface area contributed by atoms with Crippen LogP contribution in [0.1, 0.15) is 31.2 Å². The Labute approximate surface area is 127 Å². The monoisotopic (exact) mass is 290 g/mol. The van der Waals surface area contributed by atoms with Crippen molar-refractivity contribution in [3.8, 4) is 0 Å². The van der Waals surface area contributed by atoms with Gasteiger partial charge in [0.1, 0.15) is 0 Å². The molecule has 0 aromatic carbocycles. The van der Waals surface area contributed by atoms with Gasteiger partial charge >= 0.3 is 0 Å². The highest BCUT2D eigenvalue weighted by Crippen LogP contribution is 2.19. The fourth-order valence-corrected chi connectivity index (χ4v) is 3.37. The Balaban J connectivity index is 1.52. The van der Waals surface area contributed by atoms with Crippen LogP contribution in [0.2, 0.25) is 0 Å². The number of methoxy groups -OCH3 is 1. The van der Waals surface area contributed by atoms with Crippen LogP contribution in [-0.2, 0) is 11.3 Å². The molecule has 1 aromatic heterocycles. The Bertz CT molecular complexity index is 430. The number of hydrogen-bond acceptors (Lipinski definition) is 5. The quantitative estimate of drug-likeness (QED) is 0.829. The second-order valence-electron chi connectivity index (χ2n) is 6.28. The molecule has 21 heavy (non-hydrogen) atoms. The van der Waals surface area contributed by atoms with E-state index in [0.717, 1.165) is 45.3 Å². The Morgan fingerprint density at radius 3 is 2.62 bits per heavy atom. The van der Waals surface area contributed by atoms with E-state index in [4.69, 9.17) is 4.74 Å². The molecule has 1 aromatic rings. The van der Waals surface area contributed by atoms with Crippen molar-refractivity contribution in [3.63, 3.8) is 0 Å². The van der Waals surface area contributed by atoms with Crippen molar-refractivity contribution in [2.45, 2.75) is 32.2 Å². The van der Waals surface area contributed by atoms with Crippen LogP contribution in [0.25, 0.3) is 0 Å². The van der Waals surface area contributed by atoms with Gasteiger partial charge in [0, 0.05) is 51.2 Å². The molecule has 0 amide bonds. The first-order chi connectivity index (χ1) is 10.3. The molecule has 5 heteroatoms. The summed E-state index contributed by atoms with van der Waals surface area (Å²) in [5, 5.41) is 0. The van der Waals surface area contributed by atoms with Gasteiger partial charge in [0.2, 0.25) is 5.95 Å². The molecule has 2 fully saturated rings. The predicted octanol–water partition coefficient (Wildman–Crippen LogP) is 1.94. The lowest BCUT2D eigenvalue weighted by atomic mass is 10.1. The first-order valence-electron chi connectivity index (χ1n) is 8.12. The normalized spacial score (nSPS) is 23.7. The van der Waals surface area contributed by atoms with Gasteiger partial charge in [-0.3, -0.25) is 4.90 Å². The molecule has 2 aliphatic heterocycles. The smallest absolute Gasteiger partial charge is 0.225 e. The van der Waals surface area contributed by atoms with Crippen LogP contribution in [-0.4, -0.2) is 54.8 Å². The van der Waals surface area contributed by atoms with E-state index in [-0.39, 0.29) is 0 Å². The Morgan fingerprint density at radius 1 is 1.14 bits per heavy atom. The molecule has 0 aliphatic carbocycles. The average Bonchev–Trinajstić information content (AvgIpc) is 2.97. The highest BCUT2D eigenvalue weighted by molar-refractivity contribution is 5.30. The first-order valence-corrected chi connectivity index (χ1v) is 8.12. The molecule has 116 valence electrons. The van der Waals surface area contributed by atoms with Crippen molar-refractivity contribution in [2.75, 3.05) is 44.8 Å². The molecule has 0 spiro atoms. The summed E-state index contributed by atoms with van der Waals surface area (Å²) in [6.45, 7) is 6.32. The van der Waals surface area contributed by atoms with Gasteiger partial charge in [-0.1, -0.05) is 0 Å². The molecular formula is C16H26N4O. The van der Waals surface area contributed by atoms with Crippen LogP contribution in [0.5, 0.6) is 0 Å². The van der Waals surface area contributed by atoms with Crippen LogP contribution >= 0.6 is 0 Å². The number of piperidine rings is 1. The van der Waals surface area contributed by atoms with Crippen molar-refractivity contribution >= 4 is 5.95 Å². The number of ether oxygens (including phenoxy) is 1. The summed E-state index contributed by atoms with van der Waals surface area (Å²) in [4.78, 5) is 13.9. The number of rotatable bonds is 5. The summed E-state index contributed by atoms with van der Waals surface area (Å²) in [5.74, 6) is 1.58. The maximum atomic E-state index is 5.25. The third-order valence-corrected chi connectivity index (χ3v) is 4.51. The van der Waals surface area contributed by atoms with Crippen LogP contribution in [0.15, 0.2) is 12.4 Å². The van der Waals surface area contributed by atoms with E-state index in [2.05, 4.69) is 19.8 Å². The molecule has 2 aliphatic rings. The van der Waals surface area contributed by atoms with E-state index in [1.165, 1.54) is 31.2 Å². The van der Waals surface area contributed by atoms with Crippen molar-refractivity contribution < 1.29 is 4.74 Å². The number of aromatic nitrogens is 2. The van der Waals surface area contributed by atoms with Gasteiger partial charge in [0.05, 0.1) is 6.61 Å². The molecule has 0 radical (unpaired) electrons. The van der Waals surface area contributed by atoms with Crippen LogP contribution in [0.4, 0.5) is 5.95 Å². The van der Waals surface area contributed by atoms with E-state index >= 15 is 0 Å². The highest BCUT2D eigenvalue weighted by atomic mass is 16.5. The lowest BCUT2D eigenvalue weighted by Crippen LogP contribution is -2.31. The van der Waals surface area contributed by atoms with Crippen molar-refractivity contribution in [3.05, 3.63) is 18.0 Å². The van der Waals surface area contributed by atoms with Crippen LogP contribution in [0.3, 0.4) is 0 Å². The second kappa shape index (κ2) is 7.18. The minimum atomic E-state index is 0.684. The Morgan fingerprint density at radius 2 is 1.90 bits per heavy atom. The fourth-order valence-electron chi connectivity index (χ4n) is 3.37. The predicted molar refractivity (Wildman–Crippen MR) is 83.4 cm³/mol. The number of anilines is 1. The molecule has 5 nitrogen and oxygen atoms in total. The number of hydrogen-bond donors (Lipinski definition) is 0. The van der Waals surface area contributed by atoms with Crippen molar-refractivity contribution in [1.29, 1.82) is 0 Å². The molecule has 0 unspecified atom stereocenters. The van der Waals surface area contributed by atoms with E-state index in [1.54, 1.807) is 7.11 Å². The molecule has 2 saturated heterocycles. The Hall–Kier alpha value is -1.20. The summed E-state index contributed by atoms with van der Waals surface area (Å²) in [6, 6.07) is 0. The third-order valence-electron chi connectivity index (χ3n) is 4.51. The lowest BCUT2D eigenvalue weighted by Gasteiger charge is -2.26. The fraction of sp³-hybridized carbons (Fsp3) is 0.750. The zero-order valence-corrected chi connectivity index (χ0v) is 13.0. The summed E-state index contributed by atoms with van der Waals surface area (Å²) in [6.07, 6.45) is 9.10. The summed E-state index contributed by atoms with van der Waals surface area (Å²) in [5.41, 5.74) is 1.22. The Kier molecular flexibility index (Phi) is 5.04. The number of nitrogens with zero attached hydrogens (tertiary/aromatic N) is 4. The minimum Gasteiger partial charge on any atom is -0.384 e. The van der Waals surface area contributed by atoms with Gasteiger partial charge in [-0.05, 0) is 38.1 Å². The van der Waals surface area contributed by atoms with E-state index in [9.17, 15) is 0 Å². The summed E-state index contributed by atoms with van der Waals surface area (Å²) >= 11 is 0. The van der Waals surface area contributed by atoms with E-state index < -0.39 is 0 Å². The largest absolute Gasteiger partial charge is 0.384 e. The topological polar surface area (TPSA) is 41.5 Å². The zero-order chi connectivity index (χ0) is 14.5. The summed E-state index contributed by atoms with van der Waals surface area (Å²) < 4.78 is 5.25. The van der Waals surface area contributed by atoms with Gasteiger partial charge in [0.15, 0.2) is 0 Å². The molecule has 3 rings (SSSR count). The molecule has 0 N–H and O–H groups in total.